The Hall–Kier alpha value is -3.28. The van der Waals surface area contributed by atoms with Gasteiger partial charge in [-0.15, -0.1) is 11.6 Å². The molecule has 2 aromatic heterocycles. The highest BCUT2D eigenvalue weighted by Gasteiger charge is 2.30. The molecule has 0 unspecified atom stereocenters. The highest BCUT2D eigenvalue weighted by atomic mass is 35.5. The maximum absolute atomic E-state index is 12.9. The Morgan fingerprint density at radius 3 is 2.60 bits per heavy atom. The number of carbonyl (C=O) groups is 1. The molecule has 1 aliphatic carbocycles. The molecule has 0 spiro atoms. The number of carbonyl (C=O) groups excluding carboxylic acids is 1. The molecule has 4 aromatic rings. The Morgan fingerprint density at radius 1 is 1.11 bits per heavy atom. The quantitative estimate of drug-likeness (QED) is 0.289. The first kappa shape index (κ1) is 23.5. The summed E-state index contributed by atoms with van der Waals surface area (Å²) in [6.45, 7) is 0. The van der Waals surface area contributed by atoms with E-state index in [-0.39, 0.29) is 34.5 Å². The second-order valence-corrected chi connectivity index (χ2v) is 10.8. The van der Waals surface area contributed by atoms with Crippen LogP contribution in [0.3, 0.4) is 0 Å². The molecular weight excluding hydrogens is 490 g/mol. The minimum Gasteiger partial charge on any atom is -0.354 e. The molecule has 2 aromatic carbocycles. The zero-order valence-electron chi connectivity index (χ0n) is 18.7. The van der Waals surface area contributed by atoms with Crippen molar-refractivity contribution >= 4 is 44.4 Å². The van der Waals surface area contributed by atoms with E-state index in [9.17, 15) is 13.2 Å². The van der Waals surface area contributed by atoms with Crippen molar-refractivity contribution < 1.29 is 13.2 Å². The predicted molar refractivity (Wildman–Crippen MR) is 132 cm³/mol. The van der Waals surface area contributed by atoms with Crippen molar-refractivity contribution in [1.29, 1.82) is 0 Å². The van der Waals surface area contributed by atoms with Crippen LogP contribution in [0, 0.1) is 0 Å². The van der Waals surface area contributed by atoms with Crippen molar-refractivity contribution in [3.05, 3.63) is 53.6 Å². The summed E-state index contributed by atoms with van der Waals surface area (Å²) in [5.74, 6) is -0.199. The molecule has 5 rings (SSSR count). The number of primary sulfonamides is 1. The fourth-order valence-electron chi connectivity index (χ4n) is 4.92. The highest BCUT2D eigenvalue weighted by Crippen LogP contribution is 2.42. The second-order valence-electron chi connectivity index (χ2n) is 8.72. The van der Waals surface area contributed by atoms with Crippen molar-refractivity contribution in [3.63, 3.8) is 0 Å². The normalized spacial score (nSPS) is 18.6. The average molecular weight is 514 g/mol. The van der Waals surface area contributed by atoms with Gasteiger partial charge in [-0.2, -0.15) is 0 Å². The number of halogens is 1. The third kappa shape index (κ3) is 4.79. The summed E-state index contributed by atoms with van der Waals surface area (Å²) >= 11 is 6.29. The summed E-state index contributed by atoms with van der Waals surface area (Å²) in [4.78, 5) is 16.2. The van der Waals surface area contributed by atoms with Crippen LogP contribution in [0.4, 0.5) is 5.95 Å². The van der Waals surface area contributed by atoms with E-state index >= 15 is 0 Å². The maximum atomic E-state index is 12.9. The number of hydrogen-bond donors (Lipinski definition) is 4. The van der Waals surface area contributed by atoms with Gasteiger partial charge >= 0.3 is 0 Å². The number of hydrogen-bond acceptors (Lipinski definition) is 6. The number of amides is 1. The van der Waals surface area contributed by atoms with Crippen LogP contribution in [-0.4, -0.2) is 45.3 Å². The number of para-hydroxylation sites is 1. The summed E-state index contributed by atoms with van der Waals surface area (Å²) < 4.78 is 25.9. The molecule has 0 saturated heterocycles. The molecule has 5 N–H and O–H groups in total. The number of nitrogens with one attached hydrogen (secondary N) is 3. The van der Waals surface area contributed by atoms with Crippen LogP contribution in [0.25, 0.3) is 22.2 Å². The van der Waals surface area contributed by atoms with Crippen LogP contribution in [-0.2, 0) is 21.2 Å². The van der Waals surface area contributed by atoms with Gasteiger partial charge in [-0.05, 0) is 59.2 Å². The second kappa shape index (κ2) is 9.40. The first-order valence-electron chi connectivity index (χ1n) is 11.2. The zero-order chi connectivity index (χ0) is 24.6. The van der Waals surface area contributed by atoms with E-state index in [1.807, 2.05) is 36.4 Å². The van der Waals surface area contributed by atoms with Crippen molar-refractivity contribution in [2.45, 2.75) is 48.3 Å². The largest absolute Gasteiger partial charge is 0.354 e. The number of anilines is 1. The lowest BCUT2D eigenvalue weighted by atomic mass is 9.83. The third-order valence-electron chi connectivity index (χ3n) is 6.45. The number of aromatic nitrogens is 5. The van der Waals surface area contributed by atoms with E-state index in [1.165, 1.54) is 0 Å². The molecular formula is C23H24ClN7O3S. The van der Waals surface area contributed by atoms with Gasteiger partial charge in [-0.25, -0.2) is 18.7 Å². The van der Waals surface area contributed by atoms with E-state index in [0.29, 0.717) is 22.4 Å². The van der Waals surface area contributed by atoms with Crippen molar-refractivity contribution in [2.24, 2.45) is 5.14 Å². The van der Waals surface area contributed by atoms with Gasteiger partial charge in [0.25, 0.3) is 0 Å². The fraction of sp³-hybridized carbons (Fsp3) is 0.304. The zero-order valence-corrected chi connectivity index (χ0v) is 20.2. The lowest BCUT2D eigenvalue weighted by Gasteiger charge is -2.27. The molecule has 0 bridgehead atoms. The first-order chi connectivity index (χ1) is 16.8. The lowest BCUT2D eigenvalue weighted by molar-refractivity contribution is -0.115. The number of benzene rings is 2. The molecule has 0 atom stereocenters. The first-order valence-corrected chi connectivity index (χ1v) is 13.2. The number of alkyl halides is 1. The molecule has 1 saturated carbocycles. The molecule has 1 aliphatic rings. The number of fused-ring (bicyclic) bond motifs is 1. The Bertz CT molecular complexity index is 1480. The topological polar surface area (TPSA) is 160 Å². The Kier molecular flexibility index (Phi) is 6.30. The Morgan fingerprint density at radius 2 is 1.89 bits per heavy atom. The minimum absolute atomic E-state index is 0.0355. The summed E-state index contributed by atoms with van der Waals surface area (Å²) in [7, 11) is -4.08. The van der Waals surface area contributed by atoms with E-state index < -0.39 is 10.0 Å². The van der Waals surface area contributed by atoms with Crippen LogP contribution in [0.2, 0.25) is 0 Å². The standard InChI is InChI=1S/C23H24ClN7O3S/c24-14-10-8-13(9-11-14)15-5-3-6-17(22(15)35(25,33)34)21-18(16-4-1-2-7-19(16)26-21)12-20(32)27-23-28-30-31-29-23/h1-7,13-14,26H,8-12H2,(H2,25,33,34)(H2,27,28,29,30,31,32). The molecule has 0 radical (unpaired) electrons. The Balaban J connectivity index is 1.64. The van der Waals surface area contributed by atoms with E-state index in [4.69, 9.17) is 16.7 Å². The van der Waals surface area contributed by atoms with Gasteiger partial charge in [0.1, 0.15) is 0 Å². The number of nitrogens with zero attached hydrogens (tertiary/aromatic N) is 3. The van der Waals surface area contributed by atoms with Crippen LogP contribution in [0.1, 0.15) is 42.7 Å². The number of tetrazole rings is 1. The van der Waals surface area contributed by atoms with Crippen LogP contribution in [0.5, 0.6) is 0 Å². The minimum atomic E-state index is -4.08. The van der Waals surface area contributed by atoms with Gasteiger partial charge in [-0.3, -0.25) is 10.1 Å². The molecule has 10 nitrogen and oxygen atoms in total. The van der Waals surface area contributed by atoms with Gasteiger partial charge in [-0.1, -0.05) is 41.5 Å². The number of nitrogens with two attached hydrogens (primary N) is 1. The van der Waals surface area contributed by atoms with E-state index in [2.05, 4.69) is 30.9 Å². The smallest absolute Gasteiger partial charge is 0.246 e. The number of sulfonamides is 1. The number of aromatic amines is 2. The van der Waals surface area contributed by atoms with E-state index in [1.54, 1.807) is 6.07 Å². The van der Waals surface area contributed by atoms with Crippen molar-refractivity contribution in [2.75, 3.05) is 5.32 Å². The summed E-state index contributed by atoms with van der Waals surface area (Å²) in [5.41, 5.74) is 3.10. The monoisotopic (exact) mass is 513 g/mol. The summed E-state index contributed by atoms with van der Waals surface area (Å²) in [6.07, 6.45) is 3.16. The Labute approximate surface area is 206 Å². The average Bonchev–Trinajstić information content (AvgIpc) is 3.46. The number of H-pyrrole nitrogens is 2. The maximum Gasteiger partial charge on any atom is 0.246 e. The molecule has 12 heteroatoms. The predicted octanol–water partition coefficient (Wildman–Crippen LogP) is 3.44. The SMILES string of the molecule is NS(=O)(=O)c1c(-c2[nH]c3ccccc3c2CC(=O)Nc2nnn[nH]2)cccc1C1CCC(Cl)CC1. The highest BCUT2D eigenvalue weighted by molar-refractivity contribution is 7.89. The fourth-order valence-corrected chi connectivity index (χ4v) is 6.21. The lowest BCUT2D eigenvalue weighted by Crippen LogP contribution is -2.20. The van der Waals surface area contributed by atoms with Gasteiger partial charge in [0.05, 0.1) is 17.0 Å². The van der Waals surface area contributed by atoms with Gasteiger partial charge in [0.2, 0.25) is 21.9 Å². The molecule has 2 heterocycles. The molecule has 182 valence electrons. The molecule has 1 amide bonds. The molecule has 35 heavy (non-hydrogen) atoms. The van der Waals surface area contributed by atoms with Crippen LogP contribution >= 0.6 is 11.6 Å². The number of rotatable bonds is 6. The van der Waals surface area contributed by atoms with Crippen LogP contribution in [0.15, 0.2) is 47.4 Å². The van der Waals surface area contributed by atoms with Gasteiger partial charge in [0.15, 0.2) is 0 Å². The van der Waals surface area contributed by atoms with Gasteiger partial charge in [0, 0.05) is 21.8 Å². The van der Waals surface area contributed by atoms with Gasteiger partial charge < -0.3 is 4.98 Å². The van der Waals surface area contributed by atoms with Crippen molar-refractivity contribution in [1.82, 2.24) is 25.6 Å². The van der Waals surface area contributed by atoms with Crippen molar-refractivity contribution in [3.8, 4) is 11.3 Å². The third-order valence-corrected chi connectivity index (χ3v) is 7.91. The van der Waals surface area contributed by atoms with E-state index in [0.717, 1.165) is 36.6 Å². The summed E-state index contributed by atoms with van der Waals surface area (Å²) in [5, 5.41) is 22.4. The van der Waals surface area contributed by atoms with Crippen LogP contribution < -0.4 is 10.5 Å². The molecule has 1 fully saturated rings. The summed E-state index contributed by atoms with van der Waals surface area (Å²) in [6, 6.07) is 12.9. The molecule has 0 aliphatic heterocycles.